The van der Waals surface area contributed by atoms with Crippen molar-refractivity contribution in [2.75, 3.05) is 14.1 Å². The van der Waals surface area contributed by atoms with Crippen LogP contribution in [0.1, 0.15) is 73.6 Å². The first kappa shape index (κ1) is 38.2. The summed E-state index contributed by atoms with van der Waals surface area (Å²) in [6, 6.07) is -0.714. The number of nitrogens with zero attached hydrogens (tertiary/aromatic N) is 1. The van der Waals surface area contributed by atoms with Gasteiger partial charge in [0.1, 0.15) is 18.5 Å². The van der Waals surface area contributed by atoms with Gasteiger partial charge in [-0.25, -0.2) is 0 Å². The number of aliphatic hydroxyl groups excluding tert-OH is 4. The number of carbonyl (C=O) groups is 3. The molecule has 2 rings (SSSR count). The molecular weight excluding hydrogens is 570 g/mol. The monoisotopic (exact) mass is 625 g/mol. The molecule has 0 aromatic rings. The number of hydrogen-bond donors (Lipinski definition) is 4. The van der Waals surface area contributed by atoms with Crippen molar-refractivity contribution in [3.05, 3.63) is 23.8 Å². The van der Waals surface area contributed by atoms with Crippen molar-refractivity contribution in [1.29, 1.82) is 0 Å². The normalized spacial score (nSPS) is 41.0. The number of likely N-dealkylation sites (N-methyl/N-ethyl adjacent to an activating group) is 1. The second-order valence-electron chi connectivity index (χ2n) is 12.8. The zero-order valence-corrected chi connectivity index (χ0v) is 27.5. The number of ketones is 1. The summed E-state index contributed by atoms with van der Waals surface area (Å²) in [5.41, 5.74) is 0.721. The van der Waals surface area contributed by atoms with Gasteiger partial charge in [-0.1, -0.05) is 45.4 Å². The maximum absolute atomic E-state index is 13.2. The van der Waals surface area contributed by atoms with E-state index in [2.05, 4.69) is 0 Å². The Morgan fingerprint density at radius 3 is 2.32 bits per heavy atom. The SMILES string of the molecule is CCC(O)C1/C=C(C)/C=C\C(=O)C(C)CC(CC=O)C(OC2OC(C)C(O)C(N(C)C)C2O)C(C)C(O)CC(=O)OC1CC. The van der Waals surface area contributed by atoms with Gasteiger partial charge in [-0.3, -0.25) is 9.59 Å². The standard InChI is InChI=1S/C33H55NO10/c1-9-24(36)23-15-18(3)11-12-25(37)19(4)16-22(13-14-35)32(20(5)26(38)17-28(39)43-27(23)10-2)44-33-31(41)29(34(7)8)30(40)21(6)42-33/h11-12,14-15,19-24,26-27,29-33,36,38,40-41H,9-10,13,16-17H2,1-8H3/b12-11-,18-15+. The average molecular weight is 626 g/mol. The molecule has 0 bridgehead atoms. The number of hydrogen-bond acceptors (Lipinski definition) is 11. The Bertz CT molecular complexity index is 999. The minimum absolute atomic E-state index is 0.000957. The molecule has 13 atom stereocenters. The van der Waals surface area contributed by atoms with Crippen LogP contribution in [-0.2, 0) is 28.6 Å². The molecule has 4 N–H and O–H groups in total. The molecule has 2 heterocycles. The molecule has 0 aliphatic carbocycles. The number of allylic oxidation sites excluding steroid dienone is 3. The smallest absolute Gasteiger partial charge is 0.308 e. The van der Waals surface area contributed by atoms with Gasteiger partial charge < -0.3 is 44.3 Å². The predicted molar refractivity (Wildman–Crippen MR) is 164 cm³/mol. The molecule has 0 aromatic carbocycles. The fourth-order valence-corrected chi connectivity index (χ4v) is 6.32. The third-order valence-corrected chi connectivity index (χ3v) is 9.15. The van der Waals surface area contributed by atoms with Crippen LogP contribution in [0.4, 0.5) is 0 Å². The van der Waals surface area contributed by atoms with Gasteiger partial charge in [0, 0.05) is 24.2 Å². The Morgan fingerprint density at radius 2 is 1.75 bits per heavy atom. The first-order chi connectivity index (χ1) is 20.7. The van der Waals surface area contributed by atoms with Gasteiger partial charge in [0.15, 0.2) is 12.1 Å². The van der Waals surface area contributed by atoms with Crippen LogP contribution in [0.15, 0.2) is 23.8 Å². The lowest BCUT2D eigenvalue weighted by molar-refractivity contribution is -0.304. The highest BCUT2D eigenvalue weighted by atomic mass is 16.7. The van der Waals surface area contributed by atoms with Crippen molar-refractivity contribution < 1.29 is 49.0 Å². The van der Waals surface area contributed by atoms with E-state index >= 15 is 0 Å². The molecule has 0 saturated carbocycles. The number of ether oxygens (including phenoxy) is 3. The number of aldehydes is 1. The second kappa shape index (κ2) is 17.6. The lowest BCUT2D eigenvalue weighted by Gasteiger charge is -2.46. The molecule has 2 aliphatic rings. The Kier molecular flexibility index (Phi) is 15.3. The van der Waals surface area contributed by atoms with E-state index < -0.39 is 84.7 Å². The van der Waals surface area contributed by atoms with Crippen molar-refractivity contribution in [3.63, 3.8) is 0 Å². The molecule has 11 heteroatoms. The number of carbonyl (C=O) groups excluding carboxylic acids is 3. The second-order valence-corrected chi connectivity index (χ2v) is 12.8. The van der Waals surface area contributed by atoms with Crippen molar-refractivity contribution in [1.82, 2.24) is 4.90 Å². The highest BCUT2D eigenvalue weighted by Crippen LogP contribution is 2.34. The highest BCUT2D eigenvalue weighted by molar-refractivity contribution is 5.91. The first-order valence-corrected chi connectivity index (χ1v) is 15.9. The van der Waals surface area contributed by atoms with Crippen LogP contribution in [0.25, 0.3) is 0 Å². The van der Waals surface area contributed by atoms with Gasteiger partial charge in [-0.05, 0) is 59.2 Å². The molecule has 1 saturated heterocycles. The van der Waals surface area contributed by atoms with E-state index in [9.17, 15) is 34.8 Å². The number of rotatable bonds is 8. The van der Waals surface area contributed by atoms with Gasteiger partial charge >= 0.3 is 5.97 Å². The largest absolute Gasteiger partial charge is 0.462 e. The van der Waals surface area contributed by atoms with E-state index in [0.717, 1.165) is 11.9 Å². The summed E-state index contributed by atoms with van der Waals surface area (Å²) in [7, 11) is 3.44. The molecular formula is C33H55NO10. The molecule has 13 unspecified atom stereocenters. The highest BCUT2D eigenvalue weighted by Gasteiger charge is 2.47. The summed E-state index contributed by atoms with van der Waals surface area (Å²) in [6.45, 7) is 10.6. The van der Waals surface area contributed by atoms with Crippen LogP contribution >= 0.6 is 0 Å². The average Bonchev–Trinajstić information content (AvgIpc) is 2.97. The summed E-state index contributed by atoms with van der Waals surface area (Å²) < 4.78 is 18.1. The Morgan fingerprint density at radius 1 is 1.09 bits per heavy atom. The summed E-state index contributed by atoms with van der Waals surface area (Å²) in [5.74, 6) is -3.19. The zero-order chi connectivity index (χ0) is 33.3. The molecule has 44 heavy (non-hydrogen) atoms. The van der Waals surface area contributed by atoms with Crippen molar-refractivity contribution in [2.24, 2.45) is 23.7 Å². The summed E-state index contributed by atoms with van der Waals surface area (Å²) in [5, 5.41) is 43.9. The van der Waals surface area contributed by atoms with Crippen LogP contribution < -0.4 is 0 Å². The maximum Gasteiger partial charge on any atom is 0.308 e. The first-order valence-electron chi connectivity index (χ1n) is 15.9. The van der Waals surface area contributed by atoms with Crippen LogP contribution in [0.3, 0.4) is 0 Å². The number of aliphatic hydroxyl groups is 4. The molecule has 0 spiro atoms. The van der Waals surface area contributed by atoms with E-state index in [1.165, 1.54) is 6.08 Å². The molecule has 11 nitrogen and oxygen atoms in total. The molecule has 252 valence electrons. The van der Waals surface area contributed by atoms with Gasteiger partial charge in [-0.15, -0.1) is 0 Å². The summed E-state index contributed by atoms with van der Waals surface area (Å²) >= 11 is 0. The lowest BCUT2D eigenvalue weighted by atomic mass is 9.79. The summed E-state index contributed by atoms with van der Waals surface area (Å²) in [4.78, 5) is 39.9. The molecule has 0 amide bonds. The molecule has 0 aromatic heterocycles. The van der Waals surface area contributed by atoms with Crippen molar-refractivity contribution in [2.45, 2.75) is 129 Å². The Balaban J connectivity index is 2.55. The number of esters is 1. The zero-order valence-electron chi connectivity index (χ0n) is 27.5. The molecule has 0 radical (unpaired) electrons. The Hall–Kier alpha value is -1.99. The molecule has 2 aliphatic heterocycles. The van der Waals surface area contributed by atoms with E-state index in [1.54, 1.807) is 52.8 Å². The minimum atomic E-state index is -1.27. The third kappa shape index (κ3) is 10.0. The lowest BCUT2D eigenvalue weighted by Crippen LogP contribution is -2.63. The fourth-order valence-electron chi connectivity index (χ4n) is 6.32. The van der Waals surface area contributed by atoms with Gasteiger partial charge in [0.05, 0.1) is 43.0 Å². The van der Waals surface area contributed by atoms with Crippen LogP contribution in [0.5, 0.6) is 0 Å². The van der Waals surface area contributed by atoms with E-state index in [4.69, 9.17) is 14.2 Å². The quantitative estimate of drug-likeness (QED) is 0.231. The van der Waals surface area contributed by atoms with Crippen LogP contribution in [-0.4, -0.2) is 113 Å². The Labute approximate surface area is 262 Å². The topological polar surface area (TPSA) is 163 Å². The third-order valence-electron chi connectivity index (χ3n) is 9.15. The minimum Gasteiger partial charge on any atom is -0.462 e. The van der Waals surface area contributed by atoms with E-state index in [0.29, 0.717) is 12.8 Å². The number of cyclic esters (lactones) is 1. The molecule has 1 fully saturated rings. The van der Waals surface area contributed by atoms with Gasteiger partial charge in [0.25, 0.3) is 0 Å². The van der Waals surface area contributed by atoms with Gasteiger partial charge in [-0.2, -0.15) is 0 Å². The predicted octanol–water partition coefficient (Wildman–Crippen LogP) is 2.18. The van der Waals surface area contributed by atoms with Crippen molar-refractivity contribution >= 4 is 18.0 Å². The fraction of sp³-hybridized carbons (Fsp3) is 0.788. The summed E-state index contributed by atoms with van der Waals surface area (Å²) in [6.07, 6.45) is -1.44. The van der Waals surface area contributed by atoms with Crippen LogP contribution in [0.2, 0.25) is 0 Å². The maximum atomic E-state index is 13.2. The van der Waals surface area contributed by atoms with Crippen molar-refractivity contribution in [3.8, 4) is 0 Å². The van der Waals surface area contributed by atoms with E-state index in [-0.39, 0.29) is 25.0 Å². The van der Waals surface area contributed by atoms with Crippen LogP contribution in [0, 0.1) is 23.7 Å². The van der Waals surface area contributed by atoms with E-state index in [1.807, 2.05) is 19.9 Å². The van der Waals surface area contributed by atoms with Gasteiger partial charge in [0.2, 0.25) is 0 Å².